The first-order valence-electron chi connectivity index (χ1n) is 7.57. The second kappa shape index (κ2) is 6.78. The quantitative estimate of drug-likeness (QED) is 0.853. The lowest BCUT2D eigenvalue weighted by Gasteiger charge is -2.30. The predicted molar refractivity (Wildman–Crippen MR) is 83.6 cm³/mol. The molecular formula is C14H24N4O3S. The first-order chi connectivity index (χ1) is 10.3. The summed E-state index contributed by atoms with van der Waals surface area (Å²) in [5, 5.41) is 7.25. The molecule has 2 rings (SSSR count). The lowest BCUT2D eigenvalue weighted by molar-refractivity contribution is -0.126. The average Bonchev–Trinajstić information content (AvgIpc) is 2.84. The molecule has 2 heterocycles. The van der Waals surface area contributed by atoms with Crippen LogP contribution in [0.15, 0.2) is 6.20 Å². The average molecular weight is 328 g/mol. The SMILES string of the molecule is CCn1cc(CNC(=O)[C@H]2CCCN(S(C)(=O)=O)C2)c(C)n1. The minimum absolute atomic E-state index is 0.0861. The van der Waals surface area contributed by atoms with Crippen LogP contribution in [0.4, 0.5) is 0 Å². The van der Waals surface area contributed by atoms with Gasteiger partial charge in [-0.2, -0.15) is 5.10 Å². The zero-order valence-corrected chi connectivity index (χ0v) is 14.2. The molecule has 0 aromatic carbocycles. The van der Waals surface area contributed by atoms with Gasteiger partial charge in [-0.05, 0) is 26.7 Å². The molecule has 1 N–H and O–H groups in total. The molecule has 0 saturated carbocycles. The summed E-state index contributed by atoms with van der Waals surface area (Å²) < 4.78 is 26.4. The van der Waals surface area contributed by atoms with Gasteiger partial charge in [0, 0.05) is 37.9 Å². The van der Waals surface area contributed by atoms with E-state index in [2.05, 4.69) is 10.4 Å². The fourth-order valence-electron chi connectivity index (χ4n) is 2.68. The standard InChI is InChI=1S/C14H24N4O3S/c1-4-17-9-13(11(2)16-17)8-15-14(19)12-6-5-7-18(10-12)22(3,20)21/h9,12H,4-8,10H2,1-3H3,(H,15,19)/t12-/m0/s1. The highest BCUT2D eigenvalue weighted by Gasteiger charge is 2.30. The molecule has 1 amide bonds. The molecule has 1 aliphatic heterocycles. The monoisotopic (exact) mass is 328 g/mol. The van der Waals surface area contributed by atoms with Gasteiger partial charge >= 0.3 is 0 Å². The van der Waals surface area contributed by atoms with Gasteiger partial charge in [0.25, 0.3) is 0 Å². The number of aryl methyl sites for hydroxylation is 2. The van der Waals surface area contributed by atoms with Gasteiger partial charge in [0.1, 0.15) is 0 Å². The molecule has 1 fully saturated rings. The highest BCUT2D eigenvalue weighted by Crippen LogP contribution is 2.19. The summed E-state index contributed by atoms with van der Waals surface area (Å²) in [6.45, 7) is 5.93. The number of rotatable bonds is 5. The Morgan fingerprint density at radius 2 is 2.23 bits per heavy atom. The summed E-state index contributed by atoms with van der Waals surface area (Å²) >= 11 is 0. The molecule has 7 nitrogen and oxygen atoms in total. The Balaban J connectivity index is 1.93. The number of hydrogen-bond acceptors (Lipinski definition) is 4. The Kier molecular flexibility index (Phi) is 5.23. The number of nitrogens with one attached hydrogen (secondary N) is 1. The first-order valence-corrected chi connectivity index (χ1v) is 9.42. The van der Waals surface area contributed by atoms with E-state index in [-0.39, 0.29) is 18.4 Å². The van der Waals surface area contributed by atoms with Crippen molar-refractivity contribution in [2.75, 3.05) is 19.3 Å². The molecule has 0 unspecified atom stereocenters. The third-order valence-corrected chi connectivity index (χ3v) is 5.32. The van der Waals surface area contributed by atoms with Crippen molar-refractivity contribution in [2.24, 2.45) is 5.92 Å². The van der Waals surface area contributed by atoms with Gasteiger partial charge in [-0.1, -0.05) is 0 Å². The van der Waals surface area contributed by atoms with Crippen LogP contribution in [0.25, 0.3) is 0 Å². The van der Waals surface area contributed by atoms with Crippen molar-refractivity contribution in [3.63, 3.8) is 0 Å². The Labute approximate surface area is 131 Å². The summed E-state index contributed by atoms with van der Waals surface area (Å²) in [4.78, 5) is 12.3. The minimum atomic E-state index is -3.23. The predicted octanol–water partition coefficient (Wildman–Crippen LogP) is 0.499. The zero-order valence-electron chi connectivity index (χ0n) is 13.4. The van der Waals surface area contributed by atoms with E-state index in [9.17, 15) is 13.2 Å². The molecule has 0 spiro atoms. The Hall–Kier alpha value is -1.41. The van der Waals surface area contributed by atoms with Crippen molar-refractivity contribution >= 4 is 15.9 Å². The normalized spacial score (nSPS) is 20.0. The molecular weight excluding hydrogens is 304 g/mol. The van der Waals surface area contributed by atoms with E-state index in [1.807, 2.05) is 24.7 Å². The van der Waals surface area contributed by atoms with Crippen molar-refractivity contribution in [1.29, 1.82) is 0 Å². The van der Waals surface area contributed by atoms with Crippen LogP contribution in [-0.4, -0.2) is 47.8 Å². The van der Waals surface area contributed by atoms with Crippen molar-refractivity contribution in [3.8, 4) is 0 Å². The summed E-state index contributed by atoms with van der Waals surface area (Å²) in [7, 11) is -3.23. The van der Waals surface area contributed by atoms with Crippen LogP contribution >= 0.6 is 0 Å². The van der Waals surface area contributed by atoms with Crippen LogP contribution in [0.5, 0.6) is 0 Å². The van der Waals surface area contributed by atoms with Crippen LogP contribution < -0.4 is 5.32 Å². The minimum Gasteiger partial charge on any atom is -0.352 e. The lowest BCUT2D eigenvalue weighted by atomic mass is 9.99. The molecule has 1 aliphatic rings. The van der Waals surface area contributed by atoms with E-state index in [0.29, 0.717) is 13.1 Å². The van der Waals surface area contributed by atoms with Crippen LogP contribution in [0.2, 0.25) is 0 Å². The fraction of sp³-hybridized carbons (Fsp3) is 0.714. The molecule has 0 radical (unpaired) electrons. The molecule has 0 bridgehead atoms. The van der Waals surface area contributed by atoms with Crippen LogP contribution in [0.3, 0.4) is 0 Å². The number of hydrogen-bond donors (Lipinski definition) is 1. The third kappa shape index (κ3) is 4.07. The molecule has 124 valence electrons. The highest BCUT2D eigenvalue weighted by molar-refractivity contribution is 7.88. The Morgan fingerprint density at radius 3 is 2.82 bits per heavy atom. The molecule has 1 atom stereocenters. The number of carbonyl (C=O) groups excluding carboxylic acids is 1. The maximum atomic E-state index is 12.3. The number of amides is 1. The lowest BCUT2D eigenvalue weighted by Crippen LogP contribution is -2.44. The number of carbonyl (C=O) groups is 1. The van der Waals surface area contributed by atoms with E-state index >= 15 is 0 Å². The summed E-state index contributed by atoms with van der Waals surface area (Å²) in [6.07, 6.45) is 4.57. The second-order valence-corrected chi connectivity index (χ2v) is 7.76. The van der Waals surface area contributed by atoms with Gasteiger partial charge in [0.05, 0.1) is 17.9 Å². The summed E-state index contributed by atoms with van der Waals surface area (Å²) in [6, 6.07) is 0. The highest BCUT2D eigenvalue weighted by atomic mass is 32.2. The third-order valence-electron chi connectivity index (χ3n) is 4.05. The zero-order chi connectivity index (χ0) is 16.3. The molecule has 0 aliphatic carbocycles. The topological polar surface area (TPSA) is 84.3 Å². The maximum absolute atomic E-state index is 12.3. The van der Waals surface area contributed by atoms with E-state index in [1.54, 1.807) is 0 Å². The molecule has 1 aromatic rings. The second-order valence-electron chi connectivity index (χ2n) is 5.77. The first kappa shape index (κ1) is 17.0. The van der Waals surface area contributed by atoms with E-state index in [4.69, 9.17) is 0 Å². The number of sulfonamides is 1. The maximum Gasteiger partial charge on any atom is 0.224 e. The van der Waals surface area contributed by atoms with Gasteiger partial charge < -0.3 is 5.32 Å². The molecule has 8 heteroatoms. The number of nitrogens with zero attached hydrogens (tertiary/aromatic N) is 3. The van der Waals surface area contributed by atoms with Crippen molar-refractivity contribution < 1.29 is 13.2 Å². The van der Waals surface area contributed by atoms with Crippen molar-refractivity contribution in [3.05, 3.63) is 17.5 Å². The van der Waals surface area contributed by atoms with Crippen LogP contribution in [-0.2, 0) is 27.9 Å². The molecule has 1 saturated heterocycles. The Bertz CT molecular complexity index is 639. The van der Waals surface area contributed by atoms with Crippen LogP contribution in [0, 0.1) is 12.8 Å². The molecule has 1 aromatic heterocycles. The van der Waals surface area contributed by atoms with E-state index < -0.39 is 10.0 Å². The van der Waals surface area contributed by atoms with Gasteiger partial charge in [-0.15, -0.1) is 0 Å². The molecule has 22 heavy (non-hydrogen) atoms. The van der Waals surface area contributed by atoms with Gasteiger partial charge in [0.15, 0.2) is 0 Å². The fourth-order valence-corrected chi connectivity index (χ4v) is 3.59. The van der Waals surface area contributed by atoms with Gasteiger partial charge in [-0.25, -0.2) is 12.7 Å². The van der Waals surface area contributed by atoms with Gasteiger partial charge in [-0.3, -0.25) is 9.48 Å². The summed E-state index contributed by atoms with van der Waals surface area (Å²) in [5.41, 5.74) is 1.90. The van der Waals surface area contributed by atoms with Gasteiger partial charge in [0.2, 0.25) is 15.9 Å². The summed E-state index contributed by atoms with van der Waals surface area (Å²) in [5.74, 6) is -0.359. The smallest absolute Gasteiger partial charge is 0.224 e. The number of piperidine rings is 1. The van der Waals surface area contributed by atoms with Crippen molar-refractivity contribution in [2.45, 2.75) is 39.8 Å². The Morgan fingerprint density at radius 1 is 1.50 bits per heavy atom. The van der Waals surface area contributed by atoms with Crippen LogP contribution in [0.1, 0.15) is 31.0 Å². The number of aromatic nitrogens is 2. The van der Waals surface area contributed by atoms with E-state index in [0.717, 1.165) is 30.6 Å². The van der Waals surface area contributed by atoms with Crippen molar-refractivity contribution in [1.82, 2.24) is 19.4 Å². The largest absolute Gasteiger partial charge is 0.352 e. The van der Waals surface area contributed by atoms with E-state index in [1.165, 1.54) is 10.6 Å².